The van der Waals surface area contributed by atoms with Crippen molar-refractivity contribution in [2.24, 2.45) is 0 Å². The van der Waals surface area contributed by atoms with E-state index in [4.69, 9.17) is 5.26 Å². The summed E-state index contributed by atoms with van der Waals surface area (Å²) in [6, 6.07) is 3.54. The summed E-state index contributed by atoms with van der Waals surface area (Å²) < 4.78 is 0. The average Bonchev–Trinajstić information content (AvgIpc) is 2.72. The lowest BCUT2D eigenvalue weighted by atomic mass is 10.5. The number of anilines is 1. The minimum absolute atomic E-state index is 0.278. The molecule has 1 N–H and O–H groups in total. The fraction of sp³-hybridized carbons (Fsp3) is 0. The molecule has 1 radical (unpaired) electrons. The van der Waals surface area contributed by atoms with Gasteiger partial charge in [0.15, 0.2) is 11.5 Å². The van der Waals surface area contributed by atoms with E-state index in [1.807, 2.05) is 6.07 Å². The summed E-state index contributed by atoms with van der Waals surface area (Å²) >= 11 is 0. The predicted octanol–water partition coefficient (Wildman–Crippen LogP) is 0.220. The van der Waals surface area contributed by atoms with E-state index in [2.05, 4.69) is 26.7 Å². The lowest BCUT2D eigenvalue weighted by Gasteiger charge is -2.02. The van der Waals surface area contributed by atoms with Crippen molar-refractivity contribution >= 4 is 5.82 Å². The zero-order valence-electron chi connectivity index (χ0n) is 7.05. The Kier molecular flexibility index (Phi) is 2.07. The second-order valence-electron chi connectivity index (χ2n) is 2.38. The van der Waals surface area contributed by atoms with Crippen molar-refractivity contribution in [1.82, 2.24) is 19.9 Å². The predicted molar refractivity (Wildman–Crippen MR) is 46.8 cm³/mol. The number of aromatic nitrogens is 4. The average molecular weight is 185 g/mol. The molecule has 67 valence electrons. The molecule has 2 aromatic rings. The second-order valence-corrected chi connectivity index (χ2v) is 2.38. The lowest BCUT2D eigenvalue weighted by Crippen LogP contribution is -2.11. The summed E-state index contributed by atoms with van der Waals surface area (Å²) in [5, 5.41) is 12.4. The van der Waals surface area contributed by atoms with E-state index < -0.39 is 0 Å². The Bertz CT molecular complexity index is 438. The van der Waals surface area contributed by atoms with Gasteiger partial charge < -0.3 is 0 Å². The Hall–Kier alpha value is -2.42. The van der Waals surface area contributed by atoms with Crippen LogP contribution in [-0.4, -0.2) is 19.9 Å². The Morgan fingerprint density at radius 3 is 2.93 bits per heavy atom. The largest absolute Gasteiger partial charge is 0.259 e. The highest BCUT2D eigenvalue weighted by Gasteiger charge is 1.96. The third kappa shape index (κ3) is 1.67. The summed E-state index contributed by atoms with van der Waals surface area (Å²) in [4.78, 5) is 9.16. The van der Waals surface area contributed by atoms with Gasteiger partial charge in [0.2, 0.25) is 0 Å². The molecule has 14 heavy (non-hydrogen) atoms. The van der Waals surface area contributed by atoms with E-state index in [1.165, 1.54) is 17.2 Å². The molecule has 0 spiro atoms. The van der Waals surface area contributed by atoms with Crippen LogP contribution in [0, 0.1) is 17.5 Å². The van der Waals surface area contributed by atoms with Crippen LogP contribution in [0.3, 0.4) is 0 Å². The minimum atomic E-state index is 0.278. The van der Waals surface area contributed by atoms with Gasteiger partial charge in [0.05, 0.1) is 18.6 Å². The molecule has 0 aliphatic carbocycles. The highest BCUT2D eigenvalue weighted by molar-refractivity contribution is 5.32. The molecule has 0 saturated heterocycles. The molecule has 2 aromatic heterocycles. The van der Waals surface area contributed by atoms with Gasteiger partial charge in [-0.1, -0.05) is 0 Å². The summed E-state index contributed by atoms with van der Waals surface area (Å²) in [6.07, 6.45) is 7.20. The number of hydrogen-bond donors (Lipinski definition) is 1. The normalized spacial score (nSPS) is 9.36. The van der Waals surface area contributed by atoms with E-state index in [0.29, 0.717) is 5.82 Å². The van der Waals surface area contributed by atoms with E-state index in [9.17, 15) is 0 Å². The van der Waals surface area contributed by atoms with E-state index in [-0.39, 0.29) is 5.69 Å². The molecule has 0 aromatic carbocycles. The monoisotopic (exact) mass is 185 g/mol. The topological polar surface area (TPSA) is 79.4 Å². The molecule has 0 aliphatic rings. The molecule has 0 aliphatic heterocycles. The highest BCUT2D eigenvalue weighted by atomic mass is 15.6. The molecule has 2 rings (SSSR count). The summed E-state index contributed by atoms with van der Waals surface area (Å²) in [7, 11) is 0. The highest BCUT2D eigenvalue weighted by Crippen LogP contribution is 1.99. The van der Waals surface area contributed by atoms with Crippen LogP contribution < -0.4 is 5.43 Å². The molecule has 2 heterocycles. The molecular weight excluding hydrogens is 180 g/mol. The van der Waals surface area contributed by atoms with Gasteiger partial charge in [-0.05, 0) is 6.07 Å². The van der Waals surface area contributed by atoms with Crippen LogP contribution in [-0.2, 0) is 0 Å². The molecule has 6 heteroatoms. The lowest BCUT2D eigenvalue weighted by molar-refractivity contribution is 0.788. The standard InChI is InChI=1S/C8H5N6/c9-4-7-5-11-8(6-10-7)13-14-3-1-2-12-14/h1-2,5-6H,(H,11,13). The zero-order chi connectivity index (χ0) is 9.80. The van der Waals surface area contributed by atoms with Crippen LogP contribution in [0.15, 0.2) is 24.7 Å². The van der Waals surface area contributed by atoms with Crippen molar-refractivity contribution in [2.75, 3.05) is 5.43 Å². The van der Waals surface area contributed by atoms with Gasteiger partial charge in [0.25, 0.3) is 0 Å². The maximum absolute atomic E-state index is 8.49. The maximum Gasteiger partial charge on any atom is 0.164 e. The van der Waals surface area contributed by atoms with E-state index in [0.717, 1.165) is 0 Å². The van der Waals surface area contributed by atoms with Gasteiger partial charge in [-0.25, -0.2) is 9.97 Å². The smallest absolute Gasteiger partial charge is 0.164 e. The number of rotatable bonds is 2. The van der Waals surface area contributed by atoms with Crippen LogP contribution in [0.2, 0.25) is 0 Å². The quantitative estimate of drug-likeness (QED) is 0.723. The van der Waals surface area contributed by atoms with Crippen LogP contribution in [0.1, 0.15) is 5.69 Å². The van der Waals surface area contributed by atoms with Gasteiger partial charge in [0, 0.05) is 0 Å². The third-order valence-electron chi connectivity index (χ3n) is 1.44. The fourth-order valence-corrected chi connectivity index (χ4v) is 0.850. The van der Waals surface area contributed by atoms with Gasteiger partial charge >= 0.3 is 0 Å². The van der Waals surface area contributed by atoms with Crippen molar-refractivity contribution in [2.45, 2.75) is 0 Å². The van der Waals surface area contributed by atoms with Crippen molar-refractivity contribution in [3.05, 3.63) is 36.5 Å². The van der Waals surface area contributed by atoms with E-state index >= 15 is 0 Å². The number of nitrogens with one attached hydrogen (secondary N) is 1. The molecule has 0 atom stereocenters. The summed E-state index contributed by atoms with van der Waals surface area (Å²) in [6.45, 7) is 0. The summed E-state index contributed by atoms with van der Waals surface area (Å²) in [5.41, 5.74) is 3.08. The van der Waals surface area contributed by atoms with Gasteiger partial charge in [-0.15, -0.1) is 0 Å². The summed E-state index contributed by atoms with van der Waals surface area (Å²) in [5.74, 6) is 0.504. The van der Waals surface area contributed by atoms with Crippen LogP contribution >= 0.6 is 0 Å². The Balaban J connectivity index is 2.15. The molecule has 0 unspecified atom stereocenters. The van der Waals surface area contributed by atoms with Crippen molar-refractivity contribution < 1.29 is 0 Å². The SMILES string of the molecule is N#Cc1cnc(Nn2[c]ccn2)cn1. The maximum atomic E-state index is 8.49. The first-order valence-corrected chi connectivity index (χ1v) is 3.79. The molecule has 0 saturated carbocycles. The molecule has 0 bridgehead atoms. The first-order chi connectivity index (χ1) is 6.88. The fourth-order valence-electron chi connectivity index (χ4n) is 0.850. The van der Waals surface area contributed by atoms with Crippen LogP contribution in [0.25, 0.3) is 0 Å². The Labute approximate surface area is 79.8 Å². The first kappa shape index (κ1) is 8.19. The van der Waals surface area contributed by atoms with Gasteiger partial charge in [0.1, 0.15) is 12.3 Å². The number of nitriles is 1. The van der Waals surface area contributed by atoms with Crippen LogP contribution in [0.4, 0.5) is 5.82 Å². The zero-order valence-corrected chi connectivity index (χ0v) is 7.05. The van der Waals surface area contributed by atoms with Crippen molar-refractivity contribution in [3.63, 3.8) is 0 Å². The molecular formula is C8H5N6. The Morgan fingerprint density at radius 1 is 1.43 bits per heavy atom. The Morgan fingerprint density at radius 2 is 2.36 bits per heavy atom. The molecule has 6 nitrogen and oxygen atoms in total. The number of nitrogens with zero attached hydrogens (tertiary/aromatic N) is 5. The first-order valence-electron chi connectivity index (χ1n) is 3.79. The van der Waals surface area contributed by atoms with Crippen LogP contribution in [0.5, 0.6) is 0 Å². The van der Waals surface area contributed by atoms with Crippen molar-refractivity contribution in [3.8, 4) is 6.07 Å². The van der Waals surface area contributed by atoms with Gasteiger partial charge in [-0.2, -0.15) is 15.2 Å². The van der Waals surface area contributed by atoms with Gasteiger partial charge in [-0.3, -0.25) is 5.43 Å². The third-order valence-corrected chi connectivity index (χ3v) is 1.44. The molecule has 0 fully saturated rings. The van der Waals surface area contributed by atoms with E-state index in [1.54, 1.807) is 12.3 Å². The second kappa shape index (κ2) is 3.53. The number of hydrogen-bond acceptors (Lipinski definition) is 5. The minimum Gasteiger partial charge on any atom is -0.259 e. The van der Waals surface area contributed by atoms with Crippen molar-refractivity contribution in [1.29, 1.82) is 5.26 Å². The molecule has 0 amide bonds.